The number of benzene rings is 2. The van der Waals surface area contributed by atoms with Gasteiger partial charge in [-0.3, -0.25) is 4.79 Å². The van der Waals surface area contributed by atoms with E-state index in [-0.39, 0.29) is 24.2 Å². The van der Waals surface area contributed by atoms with E-state index in [4.69, 9.17) is 14.2 Å². The summed E-state index contributed by atoms with van der Waals surface area (Å²) < 4.78 is 17.0. The fraction of sp³-hybridized carbons (Fsp3) is 0.409. The maximum Gasteiger partial charge on any atom is 0.258 e. The second-order valence-corrected chi connectivity index (χ2v) is 7.38. The molecule has 1 atom stereocenters. The van der Waals surface area contributed by atoms with Crippen molar-refractivity contribution in [3.63, 3.8) is 0 Å². The third-order valence-corrected chi connectivity index (χ3v) is 4.71. The number of methoxy groups -OCH3 is 1. The molecule has 2 aromatic carbocycles. The van der Waals surface area contributed by atoms with Crippen LogP contribution in [0, 0.1) is 0 Å². The van der Waals surface area contributed by atoms with E-state index in [9.17, 15) is 4.79 Å². The van der Waals surface area contributed by atoms with E-state index in [1.807, 2.05) is 56.3 Å². The molecule has 5 nitrogen and oxygen atoms in total. The molecule has 0 fully saturated rings. The SMILES string of the molecule is CCc1ccc(OCC(=O)N[C@@H]2CC(C)(C)Oc3cc(OC)ccc32)cc1. The van der Waals surface area contributed by atoms with E-state index in [0.29, 0.717) is 12.2 Å². The van der Waals surface area contributed by atoms with E-state index < -0.39 is 0 Å². The lowest BCUT2D eigenvalue weighted by Gasteiger charge is -2.38. The fourth-order valence-corrected chi connectivity index (χ4v) is 3.29. The van der Waals surface area contributed by atoms with Gasteiger partial charge < -0.3 is 19.5 Å². The summed E-state index contributed by atoms with van der Waals surface area (Å²) in [7, 11) is 1.62. The van der Waals surface area contributed by atoms with Gasteiger partial charge in [0.2, 0.25) is 0 Å². The number of fused-ring (bicyclic) bond motifs is 1. The van der Waals surface area contributed by atoms with Crippen LogP contribution in [0.15, 0.2) is 42.5 Å². The number of carbonyl (C=O) groups is 1. The van der Waals surface area contributed by atoms with E-state index >= 15 is 0 Å². The summed E-state index contributed by atoms with van der Waals surface area (Å²) in [5, 5.41) is 3.08. The van der Waals surface area contributed by atoms with E-state index in [1.165, 1.54) is 5.56 Å². The third kappa shape index (κ3) is 4.73. The zero-order valence-electron chi connectivity index (χ0n) is 16.4. The summed E-state index contributed by atoms with van der Waals surface area (Å²) in [6.45, 7) is 6.11. The monoisotopic (exact) mass is 369 g/mol. The first kappa shape index (κ1) is 19.1. The number of carbonyl (C=O) groups excluding carboxylic acids is 1. The molecule has 0 aromatic heterocycles. The molecule has 0 radical (unpaired) electrons. The highest BCUT2D eigenvalue weighted by atomic mass is 16.5. The van der Waals surface area contributed by atoms with Gasteiger partial charge in [-0.05, 0) is 50.1 Å². The van der Waals surface area contributed by atoms with Crippen molar-refractivity contribution in [1.29, 1.82) is 0 Å². The van der Waals surface area contributed by atoms with Crippen LogP contribution in [0.4, 0.5) is 0 Å². The Kier molecular flexibility index (Phi) is 5.59. The van der Waals surface area contributed by atoms with Crippen molar-refractivity contribution in [2.24, 2.45) is 0 Å². The summed E-state index contributed by atoms with van der Waals surface area (Å²) in [5.74, 6) is 2.01. The van der Waals surface area contributed by atoms with Crippen LogP contribution in [0.25, 0.3) is 0 Å². The Balaban J connectivity index is 1.66. The summed E-state index contributed by atoms with van der Waals surface area (Å²) in [5.41, 5.74) is 1.81. The van der Waals surface area contributed by atoms with Gasteiger partial charge in [0.1, 0.15) is 22.8 Å². The van der Waals surface area contributed by atoms with Gasteiger partial charge in [-0.1, -0.05) is 19.1 Å². The predicted octanol–water partition coefficient (Wildman–Crippen LogP) is 4.06. The van der Waals surface area contributed by atoms with Crippen LogP contribution >= 0.6 is 0 Å². The quantitative estimate of drug-likeness (QED) is 0.834. The molecule has 0 spiro atoms. The second-order valence-electron chi connectivity index (χ2n) is 7.38. The number of nitrogens with one attached hydrogen (secondary N) is 1. The molecule has 0 bridgehead atoms. The second kappa shape index (κ2) is 7.91. The van der Waals surface area contributed by atoms with Crippen molar-refractivity contribution in [1.82, 2.24) is 5.32 Å². The highest BCUT2D eigenvalue weighted by Gasteiger charge is 2.34. The Morgan fingerprint density at radius 2 is 1.89 bits per heavy atom. The van der Waals surface area contributed by atoms with Crippen molar-refractivity contribution in [2.75, 3.05) is 13.7 Å². The van der Waals surface area contributed by atoms with Crippen LogP contribution in [0.2, 0.25) is 0 Å². The van der Waals surface area contributed by atoms with Crippen LogP contribution in [-0.2, 0) is 11.2 Å². The maximum absolute atomic E-state index is 12.5. The van der Waals surface area contributed by atoms with Crippen molar-refractivity contribution < 1.29 is 19.0 Å². The molecular weight excluding hydrogens is 342 g/mol. The standard InChI is InChI=1S/C22H27NO4/c1-5-15-6-8-16(9-7-15)26-14-21(24)23-19-13-22(2,3)27-20-12-17(25-4)10-11-18(19)20/h6-12,19H,5,13-14H2,1-4H3,(H,23,24)/t19-/m1/s1. The number of ether oxygens (including phenoxy) is 3. The van der Waals surface area contributed by atoms with Crippen molar-refractivity contribution in [3.8, 4) is 17.2 Å². The first-order valence-corrected chi connectivity index (χ1v) is 9.28. The minimum absolute atomic E-state index is 0.0191. The molecule has 1 aliphatic heterocycles. The lowest BCUT2D eigenvalue weighted by atomic mass is 9.89. The third-order valence-electron chi connectivity index (χ3n) is 4.71. The van der Waals surface area contributed by atoms with Crippen LogP contribution in [0.1, 0.15) is 44.4 Å². The molecule has 1 N–H and O–H groups in total. The zero-order valence-corrected chi connectivity index (χ0v) is 16.4. The molecule has 1 aliphatic rings. The number of amides is 1. The minimum atomic E-state index is -0.381. The topological polar surface area (TPSA) is 56.8 Å². The van der Waals surface area contributed by atoms with Crippen LogP contribution < -0.4 is 19.5 Å². The van der Waals surface area contributed by atoms with E-state index in [1.54, 1.807) is 7.11 Å². The molecule has 2 aromatic rings. The van der Waals surface area contributed by atoms with Gasteiger partial charge in [0.05, 0.1) is 13.2 Å². The van der Waals surface area contributed by atoms with Gasteiger partial charge in [0, 0.05) is 18.1 Å². The number of aryl methyl sites for hydroxylation is 1. The first-order valence-electron chi connectivity index (χ1n) is 9.28. The summed E-state index contributed by atoms with van der Waals surface area (Å²) in [6, 6.07) is 13.4. The van der Waals surface area contributed by atoms with E-state index in [0.717, 1.165) is 23.5 Å². The van der Waals surface area contributed by atoms with Crippen LogP contribution in [0.5, 0.6) is 17.2 Å². The molecule has 144 valence electrons. The molecule has 27 heavy (non-hydrogen) atoms. The summed E-state index contributed by atoms with van der Waals surface area (Å²) in [6.07, 6.45) is 1.66. The zero-order chi connectivity index (χ0) is 19.4. The molecule has 3 rings (SSSR count). The van der Waals surface area contributed by atoms with Gasteiger partial charge in [-0.15, -0.1) is 0 Å². The Bertz CT molecular complexity index is 798. The molecule has 1 heterocycles. The Morgan fingerprint density at radius 3 is 2.56 bits per heavy atom. The normalized spacial score (nSPS) is 17.4. The summed E-state index contributed by atoms with van der Waals surface area (Å²) >= 11 is 0. The number of rotatable bonds is 6. The van der Waals surface area contributed by atoms with Crippen molar-refractivity contribution in [3.05, 3.63) is 53.6 Å². The predicted molar refractivity (Wildman–Crippen MR) is 105 cm³/mol. The van der Waals surface area contributed by atoms with Gasteiger partial charge in [-0.2, -0.15) is 0 Å². The highest BCUT2D eigenvalue weighted by Crippen LogP contribution is 2.41. The van der Waals surface area contributed by atoms with Crippen molar-refractivity contribution in [2.45, 2.75) is 45.3 Å². The molecule has 0 saturated carbocycles. The average Bonchev–Trinajstić information content (AvgIpc) is 2.65. The molecular formula is C22H27NO4. The van der Waals surface area contributed by atoms with Crippen LogP contribution in [0.3, 0.4) is 0 Å². The highest BCUT2D eigenvalue weighted by molar-refractivity contribution is 5.78. The first-order chi connectivity index (χ1) is 12.9. The van der Waals surface area contributed by atoms with Gasteiger partial charge in [0.15, 0.2) is 6.61 Å². The molecule has 1 amide bonds. The molecule has 0 aliphatic carbocycles. The molecule has 5 heteroatoms. The smallest absolute Gasteiger partial charge is 0.258 e. The minimum Gasteiger partial charge on any atom is -0.497 e. The lowest BCUT2D eigenvalue weighted by molar-refractivity contribution is -0.124. The van der Waals surface area contributed by atoms with Crippen molar-refractivity contribution >= 4 is 5.91 Å². The van der Waals surface area contributed by atoms with Gasteiger partial charge in [-0.25, -0.2) is 0 Å². The van der Waals surface area contributed by atoms with Gasteiger partial charge in [0.25, 0.3) is 5.91 Å². The average molecular weight is 369 g/mol. The van der Waals surface area contributed by atoms with E-state index in [2.05, 4.69) is 12.2 Å². The summed E-state index contributed by atoms with van der Waals surface area (Å²) in [4.78, 5) is 12.5. The maximum atomic E-state index is 12.5. The van der Waals surface area contributed by atoms with Crippen LogP contribution in [-0.4, -0.2) is 25.2 Å². The number of hydrogen-bond donors (Lipinski definition) is 1. The Hall–Kier alpha value is -2.69. The van der Waals surface area contributed by atoms with Gasteiger partial charge >= 0.3 is 0 Å². The Morgan fingerprint density at radius 1 is 1.19 bits per heavy atom. The number of hydrogen-bond acceptors (Lipinski definition) is 4. The Labute approximate surface area is 160 Å². The molecule has 0 saturated heterocycles. The lowest BCUT2D eigenvalue weighted by Crippen LogP contribution is -2.42. The fourth-order valence-electron chi connectivity index (χ4n) is 3.29. The molecule has 0 unspecified atom stereocenters. The largest absolute Gasteiger partial charge is 0.497 e.